The van der Waals surface area contributed by atoms with Crippen LogP contribution >= 0.6 is 0 Å². The van der Waals surface area contributed by atoms with E-state index in [1.54, 1.807) is 4.90 Å². The number of nitrogens with zero attached hydrogens (tertiary/aromatic N) is 3. The molecule has 3 aliphatic heterocycles. The smallest absolute Gasteiger partial charge is 0.412 e. The Kier molecular flexibility index (Phi) is 8.64. The molecule has 1 unspecified atom stereocenters. The van der Waals surface area contributed by atoms with Gasteiger partial charge >= 0.3 is 6.09 Å². The number of ether oxygens (including phenoxy) is 2. The van der Waals surface area contributed by atoms with E-state index in [1.807, 2.05) is 69.4 Å². The number of aromatic nitrogens is 1. The highest BCUT2D eigenvalue weighted by molar-refractivity contribution is 6.05. The maximum absolute atomic E-state index is 13.1. The third-order valence-corrected chi connectivity index (χ3v) is 10.1. The first-order chi connectivity index (χ1) is 23.4. The van der Waals surface area contributed by atoms with Gasteiger partial charge in [-0.1, -0.05) is 6.07 Å². The van der Waals surface area contributed by atoms with E-state index in [2.05, 4.69) is 32.7 Å². The molecule has 7 rings (SSSR count). The third-order valence-electron chi connectivity index (χ3n) is 10.1. The number of pyridine rings is 1. The molecule has 49 heavy (non-hydrogen) atoms. The van der Waals surface area contributed by atoms with E-state index in [9.17, 15) is 19.2 Å². The molecule has 4 heterocycles. The van der Waals surface area contributed by atoms with E-state index < -0.39 is 23.6 Å². The van der Waals surface area contributed by atoms with Gasteiger partial charge in [-0.15, -0.1) is 0 Å². The van der Waals surface area contributed by atoms with E-state index in [0.29, 0.717) is 29.6 Å². The van der Waals surface area contributed by atoms with Gasteiger partial charge in [0.25, 0.3) is 5.91 Å². The molecule has 2 aromatic carbocycles. The Morgan fingerprint density at radius 1 is 1.02 bits per heavy atom. The lowest BCUT2D eigenvalue weighted by atomic mass is 9.61. The number of carbonyl (C=O) groups is 4. The van der Waals surface area contributed by atoms with Gasteiger partial charge in [0.1, 0.15) is 17.4 Å². The number of imide groups is 1. The lowest BCUT2D eigenvalue weighted by molar-refractivity contribution is -0.136. The van der Waals surface area contributed by atoms with Gasteiger partial charge in [0, 0.05) is 42.5 Å². The summed E-state index contributed by atoms with van der Waals surface area (Å²) in [5.74, 6) is -0.0600. The molecule has 4 aliphatic rings. The van der Waals surface area contributed by atoms with E-state index >= 15 is 0 Å². The summed E-state index contributed by atoms with van der Waals surface area (Å²) in [6, 6.07) is 16.8. The fourth-order valence-electron chi connectivity index (χ4n) is 7.54. The second kappa shape index (κ2) is 12.9. The SMILES string of the molecule is CC(C)(C)OC(=O)Nc1ccc(OC2CC3(CCN(Cc4ccnc(-c5ccc6c(c5)CN(C5CCC(=O)NC5=O)C6=O)c4)CC3)C2)cc1. The molecular formula is C38H43N5O6. The number of likely N-dealkylation sites (tertiary alicyclic amines) is 1. The van der Waals surface area contributed by atoms with Crippen LogP contribution in [0.15, 0.2) is 60.8 Å². The van der Waals surface area contributed by atoms with Crippen LogP contribution in [0.25, 0.3) is 11.3 Å². The number of hydrogen-bond acceptors (Lipinski definition) is 8. The molecule has 0 bridgehead atoms. The second-order valence-electron chi connectivity index (χ2n) is 14.9. The molecule has 2 saturated heterocycles. The van der Waals surface area contributed by atoms with E-state index in [-0.39, 0.29) is 24.3 Å². The molecule has 256 valence electrons. The van der Waals surface area contributed by atoms with Crippen molar-refractivity contribution in [3.05, 3.63) is 77.5 Å². The first kappa shape index (κ1) is 32.8. The molecule has 3 aromatic rings. The second-order valence-corrected chi connectivity index (χ2v) is 14.9. The molecule has 0 radical (unpaired) electrons. The Morgan fingerprint density at radius 2 is 1.78 bits per heavy atom. The Hall–Kier alpha value is -4.77. The van der Waals surface area contributed by atoms with E-state index in [0.717, 1.165) is 67.9 Å². The van der Waals surface area contributed by atoms with Crippen LogP contribution in [0.4, 0.5) is 10.5 Å². The minimum Gasteiger partial charge on any atom is -0.490 e. The van der Waals surface area contributed by atoms with Gasteiger partial charge in [0.15, 0.2) is 0 Å². The minimum atomic E-state index is -0.627. The van der Waals surface area contributed by atoms with Crippen molar-refractivity contribution in [3.8, 4) is 17.0 Å². The predicted molar refractivity (Wildman–Crippen MR) is 183 cm³/mol. The molecule has 1 aromatic heterocycles. The summed E-state index contributed by atoms with van der Waals surface area (Å²) >= 11 is 0. The highest BCUT2D eigenvalue weighted by Gasteiger charge is 2.47. The average molecular weight is 666 g/mol. The lowest BCUT2D eigenvalue weighted by Gasteiger charge is -2.51. The van der Waals surface area contributed by atoms with Crippen LogP contribution in [0.5, 0.6) is 5.75 Å². The monoisotopic (exact) mass is 665 g/mol. The number of nitrogens with one attached hydrogen (secondary N) is 2. The van der Waals surface area contributed by atoms with E-state index in [1.165, 1.54) is 5.56 Å². The van der Waals surface area contributed by atoms with Crippen molar-refractivity contribution in [1.82, 2.24) is 20.1 Å². The number of fused-ring (bicyclic) bond motifs is 1. The molecule has 11 nitrogen and oxygen atoms in total. The fourth-order valence-corrected chi connectivity index (χ4v) is 7.54. The summed E-state index contributed by atoms with van der Waals surface area (Å²) in [7, 11) is 0. The van der Waals surface area contributed by atoms with Crippen LogP contribution in [0, 0.1) is 5.41 Å². The number of benzene rings is 2. The number of piperidine rings is 2. The van der Waals surface area contributed by atoms with Gasteiger partial charge in [-0.25, -0.2) is 4.79 Å². The van der Waals surface area contributed by atoms with Crippen LogP contribution in [0.2, 0.25) is 0 Å². The van der Waals surface area contributed by atoms with Crippen molar-refractivity contribution in [3.63, 3.8) is 0 Å². The zero-order chi connectivity index (χ0) is 34.3. The van der Waals surface area contributed by atoms with Crippen molar-refractivity contribution >= 4 is 29.5 Å². The van der Waals surface area contributed by atoms with Crippen LogP contribution in [-0.2, 0) is 27.4 Å². The first-order valence-corrected chi connectivity index (χ1v) is 17.1. The summed E-state index contributed by atoms with van der Waals surface area (Å²) in [5.41, 5.74) is 4.92. The Labute approximate surface area is 286 Å². The highest BCUT2D eigenvalue weighted by atomic mass is 16.6. The van der Waals surface area contributed by atoms with Crippen molar-refractivity contribution in [2.45, 2.75) is 90.1 Å². The van der Waals surface area contributed by atoms with Crippen LogP contribution in [-0.4, -0.2) is 69.4 Å². The third kappa shape index (κ3) is 7.32. The maximum Gasteiger partial charge on any atom is 0.412 e. The summed E-state index contributed by atoms with van der Waals surface area (Å²) in [6.07, 6.45) is 6.56. The van der Waals surface area contributed by atoms with Gasteiger partial charge in [-0.2, -0.15) is 0 Å². The molecule has 1 aliphatic carbocycles. The van der Waals surface area contributed by atoms with Gasteiger partial charge in [0.05, 0.1) is 11.8 Å². The summed E-state index contributed by atoms with van der Waals surface area (Å²) in [4.78, 5) is 57.9. The molecule has 2 N–H and O–H groups in total. The largest absolute Gasteiger partial charge is 0.490 e. The normalized spacial score (nSPS) is 20.8. The molecule has 3 fully saturated rings. The lowest BCUT2D eigenvalue weighted by Crippen LogP contribution is -2.52. The van der Waals surface area contributed by atoms with Crippen molar-refractivity contribution in [1.29, 1.82) is 0 Å². The molecule has 4 amide bonds. The van der Waals surface area contributed by atoms with E-state index in [4.69, 9.17) is 9.47 Å². The Bertz CT molecular complexity index is 1770. The Balaban J connectivity index is 0.889. The zero-order valence-corrected chi connectivity index (χ0v) is 28.3. The fraction of sp³-hybridized carbons (Fsp3) is 0.447. The molecule has 1 atom stereocenters. The number of anilines is 1. The molecule has 1 saturated carbocycles. The molecule has 11 heteroatoms. The van der Waals surface area contributed by atoms with Crippen LogP contribution in [0.3, 0.4) is 0 Å². The first-order valence-electron chi connectivity index (χ1n) is 17.1. The zero-order valence-electron chi connectivity index (χ0n) is 28.3. The van der Waals surface area contributed by atoms with Crippen LogP contribution in [0.1, 0.15) is 80.8 Å². The van der Waals surface area contributed by atoms with Gasteiger partial charge < -0.3 is 14.4 Å². The number of carbonyl (C=O) groups excluding carboxylic acids is 4. The number of rotatable bonds is 7. The molecular weight excluding hydrogens is 622 g/mol. The minimum absolute atomic E-state index is 0.173. The van der Waals surface area contributed by atoms with Crippen molar-refractivity contribution < 1.29 is 28.7 Å². The highest BCUT2D eigenvalue weighted by Crippen LogP contribution is 2.50. The quantitative estimate of drug-likeness (QED) is 0.309. The summed E-state index contributed by atoms with van der Waals surface area (Å²) in [5, 5.41) is 5.11. The topological polar surface area (TPSA) is 130 Å². The van der Waals surface area contributed by atoms with Gasteiger partial charge in [0.2, 0.25) is 11.8 Å². The van der Waals surface area contributed by atoms with Crippen molar-refractivity contribution in [2.24, 2.45) is 5.41 Å². The van der Waals surface area contributed by atoms with Gasteiger partial charge in [-0.05, 0) is 131 Å². The molecule has 1 spiro atoms. The summed E-state index contributed by atoms with van der Waals surface area (Å²) in [6.45, 7) is 8.76. The number of amides is 4. The average Bonchev–Trinajstić information content (AvgIpc) is 3.36. The van der Waals surface area contributed by atoms with Crippen LogP contribution < -0.4 is 15.4 Å². The standard InChI is InChI=1S/C38H43N5O6/c1-37(2,3)49-36(47)40-27-5-7-28(8-6-27)48-29-20-38(21-29)13-16-42(17-14-38)22-24-12-15-39-31(18-24)25-4-9-30-26(19-25)23-43(35(30)46)32-10-11-33(44)41-34(32)45/h4-9,12,15,18-19,29,32H,10-11,13-14,16-17,20-23H2,1-3H3,(H,40,47)(H,41,44,45). The van der Waals surface area contributed by atoms with Crippen molar-refractivity contribution in [2.75, 3.05) is 18.4 Å². The Morgan fingerprint density at radius 3 is 2.49 bits per heavy atom. The predicted octanol–water partition coefficient (Wildman–Crippen LogP) is 5.68. The number of hydrogen-bond donors (Lipinski definition) is 2. The summed E-state index contributed by atoms with van der Waals surface area (Å²) < 4.78 is 11.6. The van der Waals surface area contributed by atoms with Gasteiger partial charge in [-0.3, -0.25) is 34.9 Å². The maximum atomic E-state index is 13.1.